The lowest BCUT2D eigenvalue weighted by atomic mass is 9.73. The van der Waals surface area contributed by atoms with Gasteiger partial charge in [0.1, 0.15) is 5.41 Å². The molecule has 4 amide bonds. The number of hydrogen-bond donors (Lipinski definition) is 1. The largest absolute Gasteiger partial charge is 0.373 e. The highest BCUT2D eigenvalue weighted by molar-refractivity contribution is 6.20. The number of urea groups is 1. The average molecular weight is 442 g/mol. The number of imide groups is 2. The predicted molar refractivity (Wildman–Crippen MR) is 128 cm³/mol. The molecule has 6 heteroatoms. The molecule has 3 aromatic carbocycles. The van der Waals surface area contributed by atoms with E-state index in [1.165, 1.54) is 4.90 Å². The maximum absolute atomic E-state index is 13.9. The fraction of sp³-hybridized carbons (Fsp3) is 0.296. The van der Waals surface area contributed by atoms with E-state index >= 15 is 0 Å². The lowest BCUT2D eigenvalue weighted by Crippen LogP contribution is -2.69. The summed E-state index contributed by atoms with van der Waals surface area (Å²) in [5, 5.41) is 4.59. The molecule has 2 aliphatic rings. The van der Waals surface area contributed by atoms with Gasteiger partial charge in [-0.2, -0.15) is 0 Å². The Labute approximate surface area is 193 Å². The molecule has 2 aliphatic heterocycles. The number of amides is 4. The van der Waals surface area contributed by atoms with Crippen LogP contribution in [0.4, 0.5) is 10.5 Å². The first kappa shape index (κ1) is 21.2. The number of nitrogens with zero attached hydrogens (tertiary/aromatic N) is 2. The Morgan fingerprint density at radius 2 is 1.70 bits per heavy atom. The van der Waals surface area contributed by atoms with Crippen molar-refractivity contribution >= 4 is 34.3 Å². The predicted octanol–water partition coefficient (Wildman–Crippen LogP) is 3.92. The van der Waals surface area contributed by atoms with Crippen LogP contribution in [0.1, 0.15) is 24.5 Å². The molecule has 5 rings (SSSR count). The fourth-order valence-corrected chi connectivity index (χ4v) is 5.26. The monoisotopic (exact) mass is 441 g/mol. The summed E-state index contributed by atoms with van der Waals surface area (Å²) in [7, 11) is 1.90. The molecule has 1 fully saturated rings. The number of carbonyl (C=O) groups excluding carboxylic acids is 3. The van der Waals surface area contributed by atoms with Crippen molar-refractivity contribution in [1.82, 2.24) is 10.2 Å². The van der Waals surface area contributed by atoms with Crippen LogP contribution in [-0.4, -0.2) is 42.4 Å². The zero-order valence-electron chi connectivity index (χ0n) is 18.9. The van der Waals surface area contributed by atoms with Gasteiger partial charge >= 0.3 is 6.03 Å². The number of hydrogen-bond acceptors (Lipinski definition) is 4. The molecule has 3 aromatic rings. The molecule has 1 N–H and O–H groups in total. The van der Waals surface area contributed by atoms with Gasteiger partial charge in [0.15, 0.2) is 0 Å². The summed E-state index contributed by atoms with van der Waals surface area (Å²) in [5.41, 5.74) is 1.80. The van der Waals surface area contributed by atoms with Gasteiger partial charge in [-0.15, -0.1) is 0 Å². The van der Waals surface area contributed by atoms with Gasteiger partial charge in [0, 0.05) is 31.7 Å². The van der Waals surface area contributed by atoms with E-state index in [9.17, 15) is 14.4 Å². The van der Waals surface area contributed by atoms with Crippen LogP contribution in [0.3, 0.4) is 0 Å². The molecular formula is C27H27N3O3. The van der Waals surface area contributed by atoms with Gasteiger partial charge in [0.25, 0.3) is 0 Å². The Morgan fingerprint density at radius 1 is 0.970 bits per heavy atom. The number of anilines is 1. The minimum atomic E-state index is -1.33. The van der Waals surface area contributed by atoms with Gasteiger partial charge in [0.2, 0.25) is 11.8 Å². The van der Waals surface area contributed by atoms with Crippen molar-refractivity contribution in [3.05, 3.63) is 77.9 Å². The third-order valence-corrected chi connectivity index (χ3v) is 7.05. The van der Waals surface area contributed by atoms with Gasteiger partial charge in [0.05, 0.1) is 0 Å². The van der Waals surface area contributed by atoms with Gasteiger partial charge in [-0.25, -0.2) is 4.79 Å². The van der Waals surface area contributed by atoms with Gasteiger partial charge in [-0.1, -0.05) is 60.7 Å². The van der Waals surface area contributed by atoms with Crippen molar-refractivity contribution in [3.8, 4) is 0 Å². The maximum atomic E-state index is 13.9. The van der Waals surface area contributed by atoms with Crippen LogP contribution >= 0.6 is 0 Å². The highest BCUT2D eigenvalue weighted by atomic mass is 16.2. The van der Waals surface area contributed by atoms with Crippen LogP contribution in [0.2, 0.25) is 0 Å². The molecule has 33 heavy (non-hydrogen) atoms. The Morgan fingerprint density at radius 3 is 2.48 bits per heavy atom. The molecule has 0 unspecified atom stereocenters. The Kier molecular flexibility index (Phi) is 5.16. The highest BCUT2D eigenvalue weighted by Crippen LogP contribution is 2.42. The third kappa shape index (κ3) is 3.46. The first-order valence-corrected chi connectivity index (χ1v) is 11.4. The summed E-state index contributed by atoms with van der Waals surface area (Å²) in [4.78, 5) is 43.1. The van der Waals surface area contributed by atoms with E-state index in [1.807, 2.05) is 79.5 Å². The fourth-order valence-electron chi connectivity index (χ4n) is 5.26. The van der Waals surface area contributed by atoms with Crippen LogP contribution in [0.25, 0.3) is 10.8 Å². The summed E-state index contributed by atoms with van der Waals surface area (Å²) < 4.78 is 0. The quantitative estimate of drug-likeness (QED) is 0.623. The third-order valence-electron chi connectivity index (χ3n) is 7.05. The standard InChI is InChI=1S/C27H27N3O3/c1-18(12-13-19-8-4-3-5-9-19)30-25(32)27(24(31)28-26(30)33)16-22-21-11-7-6-10-20(21)14-15-23(22)29(2)17-27/h3-11,14-15,18H,12-13,16-17H2,1-2H3,(H,28,31,33)/t18-,27+/m0/s1. The number of aryl methyl sites for hydroxylation is 1. The number of fused-ring (bicyclic) bond motifs is 3. The first-order chi connectivity index (χ1) is 15.9. The molecular weight excluding hydrogens is 414 g/mol. The lowest BCUT2D eigenvalue weighted by molar-refractivity contribution is -0.152. The Balaban J connectivity index is 1.49. The second-order valence-electron chi connectivity index (χ2n) is 9.21. The van der Waals surface area contributed by atoms with Crippen molar-refractivity contribution in [2.24, 2.45) is 5.41 Å². The van der Waals surface area contributed by atoms with Crippen LogP contribution in [0.5, 0.6) is 0 Å². The summed E-state index contributed by atoms with van der Waals surface area (Å²) in [6, 6.07) is 21.1. The van der Waals surface area contributed by atoms with Crippen LogP contribution in [-0.2, 0) is 22.4 Å². The van der Waals surface area contributed by atoms with E-state index in [0.29, 0.717) is 6.42 Å². The molecule has 0 saturated carbocycles. The molecule has 1 saturated heterocycles. The Bertz CT molecular complexity index is 1260. The second-order valence-corrected chi connectivity index (χ2v) is 9.21. The molecule has 168 valence electrons. The van der Waals surface area contributed by atoms with E-state index in [0.717, 1.165) is 34.0 Å². The van der Waals surface area contributed by atoms with Crippen LogP contribution in [0, 0.1) is 5.41 Å². The number of carbonyl (C=O) groups is 3. The maximum Gasteiger partial charge on any atom is 0.331 e. The zero-order valence-corrected chi connectivity index (χ0v) is 18.9. The van der Waals surface area contributed by atoms with Crippen molar-refractivity contribution in [2.45, 2.75) is 32.2 Å². The summed E-state index contributed by atoms with van der Waals surface area (Å²) in [6.07, 6.45) is 1.64. The first-order valence-electron chi connectivity index (χ1n) is 11.4. The molecule has 2 heterocycles. The van der Waals surface area contributed by atoms with Crippen molar-refractivity contribution < 1.29 is 14.4 Å². The number of nitrogens with one attached hydrogen (secondary N) is 1. The molecule has 6 nitrogen and oxygen atoms in total. The molecule has 2 atom stereocenters. The summed E-state index contributed by atoms with van der Waals surface area (Å²) in [6.45, 7) is 2.11. The minimum Gasteiger partial charge on any atom is -0.373 e. The molecule has 0 bridgehead atoms. The Hall–Kier alpha value is -3.67. The zero-order chi connectivity index (χ0) is 23.2. The number of benzene rings is 3. The SMILES string of the molecule is C[C@@H](CCc1ccccc1)N1C(=O)NC(=O)[C@]2(Cc3c(ccc4ccccc34)N(C)C2)C1=O. The van der Waals surface area contributed by atoms with Crippen molar-refractivity contribution in [2.75, 3.05) is 18.5 Å². The van der Waals surface area contributed by atoms with Gasteiger partial charge < -0.3 is 4.90 Å². The lowest BCUT2D eigenvalue weighted by Gasteiger charge is -2.46. The smallest absolute Gasteiger partial charge is 0.331 e. The summed E-state index contributed by atoms with van der Waals surface area (Å²) in [5.74, 6) is -0.906. The summed E-state index contributed by atoms with van der Waals surface area (Å²) >= 11 is 0. The topological polar surface area (TPSA) is 69.7 Å². The van der Waals surface area contributed by atoms with Crippen molar-refractivity contribution in [1.29, 1.82) is 0 Å². The normalized spacial score (nSPS) is 21.3. The van der Waals surface area contributed by atoms with E-state index in [1.54, 1.807) is 0 Å². The molecule has 0 radical (unpaired) electrons. The minimum absolute atomic E-state index is 0.234. The average Bonchev–Trinajstić information content (AvgIpc) is 2.82. The number of rotatable bonds is 4. The number of barbiturate groups is 1. The molecule has 1 spiro atoms. The van der Waals surface area contributed by atoms with E-state index in [-0.39, 0.29) is 19.0 Å². The second kappa shape index (κ2) is 8.03. The van der Waals surface area contributed by atoms with E-state index in [2.05, 4.69) is 11.4 Å². The van der Waals surface area contributed by atoms with Crippen LogP contribution in [0.15, 0.2) is 66.7 Å². The van der Waals surface area contributed by atoms with E-state index in [4.69, 9.17) is 0 Å². The van der Waals surface area contributed by atoms with E-state index < -0.39 is 23.3 Å². The van der Waals surface area contributed by atoms with Gasteiger partial charge in [-0.3, -0.25) is 19.8 Å². The molecule has 0 aliphatic carbocycles. The molecule has 0 aromatic heterocycles. The van der Waals surface area contributed by atoms with Gasteiger partial charge in [-0.05, 0) is 47.7 Å². The van der Waals surface area contributed by atoms with Crippen LogP contribution < -0.4 is 10.2 Å². The van der Waals surface area contributed by atoms with Crippen molar-refractivity contribution in [3.63, 3.8) is 0 Å². The highest BCUT2D eigenvalue weighted by Gasteiger charge is 2.57.